The Hall–Kier alpha value is -2.95. The fourth-order valence-electron chi connectivity index (χ4n) is 3.26. The van der Waals surface area contributed by atoms with Gasteiger partial charge in [0.15, 0.2) is 11.6 Å². The lowest BCUT2D eigenvalue weighted by Gasteiger charge is -2.32. The highest BCUT2D eigenvalue weighted by atomic mass is 35.5. The number of benzene rings is 1. The third-order valence-electron chi connectivity index (χ3n) is 4.94. The van der Waals surface area contributed by atoms with Crippen LogP contribution in [0.3, 0.4) is 0 Å². The molecule has 2 heterocycles. The van der Waals surface area contributed by atoms with Gasteiger partial charge in [-0.25, -0.2) is 13.8 Å². The van der Waals surface area contributed by atoms with Crippen LogP contribution in [-0.2, 0) is 15.8 Å². The zero-order chi connectivity index (χ0) is 23.5. The molecule has 2 N–H and O–H groups in total. The average molecular weight is 477 g/mol. The molecule has 1 aliphatic rings. The normalized spacial score (nSPS) is 14.9. The van der Waals surface area contributed by atoms with E-state index in [1.165, 1.54) is 6.07 Å². The van der Waals surface area contributed by atoms with E-state index < -0.39 is 35.2 Å². The molecule has 0 bridgehead atoms. The lowest BCUT2D eigenvalue weighted by molar-refractivity contribution is -0.137. The van der Waals surface area contributed by atoms with Gasteiger partial charge in [-0.1, -0.05) is 11.6 Å². The summed E-state index contributed by atoms with van der Waals surface area (Å²) in [6, 6.07) is 3.70. The van der Waals surface area contributed by atoms with Crippen LogP contribution in [0, 0.1) is 17.6 Å². The van der Waals surface area contributed by atoms with Crippen molar-refractivity contribution in [2.24, 2.45) is 5.92 Å². The Labute approximate surface area is 184 Å². The van der Waals surface area contributed by atoms with E-state index in [4.69, 9.17) is 11.6 Å². The van der Waals surface area contributed by atoms with Crippen LogP contribution in [0.5, 0.6) is 0 Å². The molecule has 0 unspecified atom stereocenters. The first-order valence-electron chi connectivity index (χ1n) is 9.55. The Morgan fingerprint density at radius 3 is 2.41 bits per heavy atom. The van der Waals surface area contributed by atoms with Gasteiger partial charge in [0.05, 0.1) is 17.1 Å². The Kier molecular flexibility index (Phi) is 7.17. The van der Waals surface area contributed by atoms with E-state index in [0.29, 0.717) is 32.1 Å². The highest BCUT2D eigenvalue weighted by Crippen LogP contribution is 2.34. The first-order valence-corrected chi connectivity index (χ1v) is 9.92. The second kappa shape index (κ2) is 9.68. The molecule has 2 aromatic rings. The molecule has 32 heavy (non-hydrogen) atoms. The van der Waals surface area contributed by atoms with Gasteiger partial charge in [-0.05, 0) is 31.0 Å². The Balaban J connectivity index is 1.48. The smallest absolute Gasteiger partial charge is 0.355 e. The van der Waals surface area contributed by atoms with Gasteiger partial charge >= 0.3 is 6.18 Å². The van der Waals surface area contributed by atoms with Crippen molar-refractivity contribution in [3.05, 3.63) is 52.7 Å². The standard InChI is InChI=1S/C20H18ClF5N4O2/c21-14-7-12(20(24,25)26)9-27-18(14)30-5-3-11(4-6-30)19(32)28-10-17(31)29-13-1-2-15(22)16(23)8-13/h1-2,7-9,11H,3-6,10H2,(H,28,32)(H,29,31). The van der Waals surface area contributed by atoms with Gasteiger partial charge in [-0.15, -0.1) is 0 Å². The molecule has 1 fully saturated rings. The van der Waals surface area contributed by atoms with Gasteiger partial charge in [-0.2, -0.15) is 13.2 Å². The molecule has 1 aromatic carbocycles. The van der Waals surface area contributed by atoms with Crippen LogP contribution >= 0.6 is 11.6 Å². The number of halogens is 6. The number of nitrogens with one attached hydrogen (secondary N) is 2. The lowest BCUT2D eigenvalue weighted by Crippen LogP contribution is -2.42. The number of alkyl halides is 3. The van der Waals surface area contributed by atoms with E-state index in [9.17, 15) is 31.5 Å². The highest BCUT2D eigenvalue weighted by molar-refractivity contribution is 6.33. The van der Waals surface area contributed by atoms with Gasteiger partial charge in [0, 0.05) is 37.0 Å². The topological polar surface area (TPSA) is 74.3 Å². The van der Waals surface area contributed by atoms with Gasteiger partial charge in [0.25, 0.3) is 0 Å². The summed E-state index contributed by atoms with van der Waals surface area (Å²) in [5, 5.41) is 4.70. The molecular formula is C20H18ClF5N4O2. The molecule has 1 saturated heterocycles. The molecule has 0 saturated carbocycles. The molecule has 3 rings (SSSR count). The summed E-state index contributed by atoms with van der Waals surface area (Å²) < 4.78 is 64.3. The second-order valence-corrected chi connectivity index (χ2v) is 7.59. The van der Waals surface area contributed by atoms with Crippen molar-refractivity contribution in [3.63, 3.8) is 0 Å². The summed E-state index contributed by atoms with van der Waals surface area (Å²) in [5.74, 6) is -3.32. The number of pyridine rings is 1. The number of piperidine rings is 1. The highest BCUT2D eigenvalue weighted by Gasteiger charge is 2.33. The van der Waals surface area contributed by atoms with E-state index in [1.54, 1.807) is 4.90 Å². The fourth-order valence-corrected chi connectivity index (χ4v) is 3.55. The van der Waals surface area contributed by atoms with Crippen LogP contribution in [-0.4, -0.2) is 36.4 Å². The van der Waals surface area contributed by atoms with E-state index >= 15 is 0 Å². The van der Waals surface area contributed by atoms with E-state index in [-0.39, 0.29) is 29.0 Å². The third-order valence-corrected chi connectivity index (χ3v) is 5.22. The number of carbonyl (C=O) groups is 2. The predicted octanol–water partition coefficient (Wildman–Crippen LogP) is 4.00. The fraction of sp³-hybridized carbons (Fsp3) is 0.350. The third kappa shape index (κ3) is 5.84. The Morgan fingerprint density at radius 1 is 1.12 bits per heavy atom. The van der Waals surface area contributed by atoms with Crippen molar-refractivity contribution in [1.29, 1.82) is 0 Å². The van der Waals surface area contributed by atoms with Crippen molar-refractivity contribution in [1.82, 2.24) is 10.3 Å². The SMILES string of the molecule is O=C(CNC(=O)C1CCN(c2ncc(C(F)(F)F)cc2Cl)CC1)Nc1ccc(F)c(F)c1. The van der Waals surface area contributed by atoms with Crippen LogP contribution in [0.2, 0.25) is 5.02 Å². The number of carbonyl (C=O) groups excluding carboxylic acids is 2. The molecule has 0 radical (unpaired) electrons. The molecule has 12 heteroatoms. The summed E-state index contributed by atoms with van der Waals surface area (Å²) in [6.07, 6.45) is -3.06. The maximum Gasteiger partial charge on any atom is 0.417 e. The molecule has 0 atom stereocenters. The van der Waals surface area contributed by atoms with Crippen molar-refractivity contribution in [2.45, 2.75) is 19.0 Å². The molecule has 172 valence electrons. The van der Waals surface area contributed by atoms with E-state index in [2.05, 4.69) is 15.6 Å². The lowest BCUT2D eigenvalue weighted by atomic mass is 9.96. The van der Waals surface area contributed by atoms with E-state index in [0.717, 1.165) is 18.2 Å². The monoisotopic (exact) mass is 476 g/mol. The zero-order valence-electron chi connectivity index (χ0n) is 16.5. The van der Waals surface area contributed by atoms with Crippen molar-refractivity contribution in [3.8, 4) is 0 Å². The van der Waals surface area contributed by atoms with E-state index in [1.807, 2.05) is 0 Å². The molecule has 1 aromatic heterocycles. The maximum absolute atomic E-state index is 13.2. The molecule has 2 amide bonds. The summed E-state index contributed by atoms with van der Waals surface area (Å²) in [7, 11) is 0. The molecule has 0 aliphatic carbocycles. The van der Waals surface area contributed by atoms with Crippen LogP contribution in [0.15, 0.2) is 30.5 Å². The molecular weight excluding hydrogens is 459 g/mol. The Morgan fingerprint density at radius 2 is 1.81 bits per heavy atom. The number of anilines is 2. The molecule has 6 nitrogen and oxygen atoms in total. The number of rotatable bonds is 5. The zero-order valence-corrected chi connectivity index (χ0v) is 17.2. The number of aromatic nitrogens is 1. The summed E-state index contributed by atoms with van der Waals surface area (Å²) >= 11 is 5.97. The van der Waals surface area contributed by atoms with Gasteiger partial charge in [0.2, 0.25) is 11.8 Å². The van der Waals surface area contributed by atoms with Gasteiger partial charge < -0.3 is 15.5 Å². The first kappa shape index (κ1) is 23.7. The summed E-state index contributed by atoms with van der Waals surface area (Å²) in [5.41, 5.74) is -0.889. The summed E-state index contributed by atoms with van der Waals surface area (Å²) in [6.45, 7) is 0.332. The summed E-state index contributed by atoms with van der Waals surface area (Å²) in [4.78, 5) is 29.8. The predicted molar refractivity (Wildman–Crippen MR) is 107 cm³/mol. The van der Waals surface area contributed by atoms with Gasteiger partial charge in [0.1, 0.15) is 5.82 Å². The number of nitrogens with zero attached hydrogens (tertiary/aromatic N) is 2. The second-order valence-electron chi connectivity index (χ2n) is 7.18. The Bertz CT molecular complexity index is 1010. The molecule has 1 aliphatic heterocycles. The first-order chi connectivity index (χ1) is 15.0. The van der Waals surface area contributed by atoms with Crippen molar-refractivity contribution in [2.75, 3.05) is 29.9 Å². The minimum absolute atomic E-state index is 0.0531. The maximum atomic E-state index is 13.2. The van der Waals surface area contributed by atoms with Crippen LogP contribution in [0.4, 0.5) is 33.5 Å². The quantitative estimate of drug-likeness (QED) is 0.640. The van der Waals surface area contributed by atoms with Gasteiger partial charge in [-0.3, -0.25) is 9.59 Å². The van der Waals surface area contributed by atoms with Crippen LogP contribution in [0.25, 0.3) is 0 Å². The number of hydrogen-bond acceptors (Lipinski definition) is 4. The van der Waals surface area contributed by atoms with Crippen LogP contribution in [0.1, 0.15) is 18.4 Å². The van der Waals surface area contributed by atoms with Crippen LogP contribution < -0.4 is 15.5 Å². The number of hydrogen-bond donors (Lipinski definition) is 2. The van der Waals surface area contributed by atoms with Crippen molar-refractivity contribution >= 4 is 34.9 Å². The number of amides is 2. The minimum Gasteiger partial charge on any atom is -0.355 e. The minimum atomic E-state index is -4.54. The van der Waals surface area contributed by atoms with Crippen molar-refractivity contribution < 1.29 is 31.5 Å². The average Bonchev–Trinajstić information content (AvgIpc) is 2.74. The molecule has 0 spiro atoms. The largest absolute Gasteiger partial charge is 0.417 e.